The molecule has 1 aliphatic heterocycles. The fourth-order valence-electron chi connectivity index (χ4n) is 2.74. The third kappa shape index (κ3) is 3.10. The molecule has 0 N–H and O–H groups in total. The first kappa shape index (κ1) is 14.7. The highest BCUT2D eigenvalue weighted by Gasteiger charge is 2.36. The van der Waals surface area contributed by atoms with Crippen molar-refractivity contribution >= 4 is 28.7 Å². The van der Waals surface area contributed by atoms with Crippen LogP contribution in [0.1, 0.15) is 5.56 Å². The number of fused-ring (bicyclic) bond motifs is 1. The third-order valence-corrected chi connectivity index (χ3v) is 7.88. The lowest BCUT2D eigenvalue weighted by atomic mass is 10.2. The predicted octanol–water partition coefficient (Wildman–Crippen LogP) is 5.87. The molecule has 0 aromatic heterocycles. The summed E-state index contributed by atoms with van der Waals surface area (Å²) in [6.07, 6.45) is 4.65. The molecule has 0 spiro atoms. The molecular formula is C21H17S2+. The monoisotopic (exact) mass is 333 g/mol. The van der Waals surface area contributed by atoms with Gasteiger partial charge in [0.2, 0.25) is 0 Å². The van der Waals surface area contributed by atoms with Crippen LogP contribution in [0.25, 0.3) is 6.08 Å². The van der Waals surface area contributed by atoms with Gasteiger partial charge < -0.3 is 0 Å². The van der Waals surface area contributed by atoms with Gasteiger partial charge in [0, 0.05) is 4.90 Å². The molecule has 0 amide bonds. The van der Waals surface area contributed by atoms with Gasteiger partial charge in [0.1, 0.15) is 0 Å². The Morgan fingerprint density at radius 2 is 1.22 bits per heavy atom. The van der Waals surface area contributed by atoms with Gasteiger partial charge in [0.15, 0.2) is 14.4 Å². The van der Waals surface area contributed by atoms with E-state index in [0.717, 1.165) is 0 Å². The zero-order valence-corrected chi connectivity index (χ0v) is 14.3. The summed E-state index contributed by atoms with van der Waals surface area (Å²) in [6.45, 7) is 0. The van der Waals surface area contributed by atoms with Gasteiger partial charge in [-0.15, -0.1) is 0 Å². The molecule has 0 saturated heterocycles. The topological polar surface area (TPSA) is 0 Å². The van der Waals surface area contributed by atoms with Crippen LogP contribution in [0.4, 0.5) is 0 Å². The Morgan fingerprint density at radius 3 is 1.87 bits per heavy atom. The molecule has 2 heteroatoms. The van der Waals surface area contributed by atoms with E-state index in [-0.39, 0.29) is 10.9 Å². The Balaban J connectivity index is 1.76. The molecule has 3 aromatic carbocycles. The fourth-order valence-corrected chi connectivity index (χ4v) is 6.88. The van der Waals surface area contributed by atoms with Crippen LogP contribution in [-0.4, -0.2) is 4.58 Å². The van der Waals surface area contributed by atoms with Gasteiger partial charge >= 0.3 is 0 Å². The summed E-state index contributed by atoms with van der Waals surface area (Å²) in [5.74, 6) is 0. The third-order valence-electron chi connectivity index (χ3n) is 3.82. The van der Waals surface area contributed by atoms with Gasteiger partial charge in [-0.1, -0.05) is 72.4 Å². The second-order valence-corrected chi connectivity index (χ2v) is 8.96. The SMILES string of the molecule is C1=CC([S+](c2ccccc2)c2ccccc2)Sc2ccccc21. The van der Waals surface area contributed by atoms with Gasteiger partial charge in [0.25, 0.3) is 0 Å². The van der Waals surface area contributed by atoms with Gasteiger partial charge in [-0.3, -0.25) is 0 Å². The average Bonchev–Trinajstić information content (AvgIpc) is 2.64. The van der Waals surface area contributed by atoms with Gasteiger partial charge in [-0.2, -0.15) is 0 Å². The number of hydrogen-bond donors (Lipinski definition) is 0. The van der Waals surface area contributed by atoms with E-state index in [9.17, 15) is 0 Å². The summed E-state index contributed by atoms with van der Waals surface area (Å²) in [5, 5.41) is 0. The molecule has 112 valence electrons. The summed E-state index contributed by atoms with van der Waals surface area (Å²) in [7, 11) is 0.0312. The molecule has 0 bridgehead atoms. The van der Waals surface area contributed by atoms with Crippen molar-refractivity contribution in [3.05, 3.63) is 96.6 Å². The molecule has 0 radical (unpaired) electrons. The minimum absolute atomic E-state index is 0.0312. The molecule has 1 aliphatic rings. The van der Waals surface area contributed by atoms with Crippen molar-refractivity contribution in [1.29, 1.82) is 0 Å². The zero-order valence-electron chi connectivity index (χ0n) is 12.6. The molecule has 3 aromatic rings. The van der Waals surface area contributed by atoms with E-state index >= 15 is 0 Å². The molecule has 23 heavy (non-hydrogen) atoms. The van der Waals surface area contributed by atoms with Crippen LogP contribution < -0.4 is 0 Å². The second kappa shape index (κ2) is 6.69. The zero-order chi connectivity index (χ0) is 15.5. The highest BCUT2D eigenvalue weighted by molar-refractivity contribution is 8.16. The van der Waals surface area contributed by atoms with E-state index in [0.29, 0.717) is 4.58 Å². The maximum Gasteiger partial charge on any atom is 0.197 e. The van der Waals surface area contributed by atoms with Crippen molar-refractivity contribution < 1.29 is 0 Å². The van der Waals surface area contributed by atoms with Crippen LogP contribution >= 0.6 is 11.8 Å². The van der Waals surface area contributed by atoms with Crippen molar-refractivity contribution in [2.75, 3.05) is 0 Å². The quantitative estimate of drug-likeness (QED) is 0.540. The Bertz CT molecular complexity index is 770. The maximum absolute atomic E-state index is 2.37. The van der Waals surface area contributed by atoms with E-state index in [1.54, 1.807) is 0 Å². The summed E-state index contributed by atoms with van der Waals surface area (Å²) in [4.78, 5) is 4.19. The lowest BCUT2D eigenvalue weighted by Crippen LogP contribution is -2.18. The van der Waals surface area contributed by atoms with Crippen molar-refractivity contribution in [3.63, 3.8) is 0 Å². The first-order chi connectivity index (χ1) is 11.4. The van der Waals surface area contributed by atoms with E-state index < -0.39 is 0 Å². The van der Waals surface area contributed by atoms with Crippen molar-refractivity contribution in [1.82, 2.24) is 0 Å². The van der Waals surface area contributed by atoms with Crippen molar-refractivity contribution in [3.8, 4) is 0 Å². The molecule has 1 atom stereocenters. The minimum atomic E-state index is 0.0312. The Morgan fingerprint density at radius 1 is 0.652 bits per heavy atom. The van der Waals surface area contributed by atoms with Crippen LogP contribution in [0.15, 0.2) is 106 Å². The standard InChI is InChI=1S/C21H17S2/c1-3-10-18(11-4-1)23(19-12-5-2-6-13-19)21-16-15-17-9-7-8-14-20(17)22-21/h1-16,21H/q+1. The lowest BCUT2D eigenvalue weighted by Gasteiger charge is -2.20. The van der Waals surface area contributed by atoms with E-state index in [4.69, 9.17) is 0 Å². The van der Waals surface area contributed by atoms with Gasteiger partial charge in [0.05, 0.1) is 10.9 Å². The smallest absolute Gasteiger partial charge is 0.0634 e. The lowest BCUT2D eigenvalue weighted by molar-refractivity contribution is 1.33. The molecule has 0 fully saturated rings. The number of thioether (sulfide) groups is 1. The number of benzene rings is 3. The molecule has 1 unspecified atom stereocenters. The normalized spacial score (nSPS) is 16.3. The van der Waals surface area contributed by atoms with Crippen LogP contribution in [0.3, 0.4) is 0 Å². The summed E-state index contributed by atoms with van der Waals surface area (Å²) in [5.41, 5.74) is 1.33. The summed E-state index contributed by atoms with van der Waals surface area (Å²) in [6, 6.07) is 30.4. The van der Waals surface area contributed by atoms with E-state index in [1.807, 2.05) is 11.8 Å². The first-order valence-corrected chi connectivity index (χ1v) is 9.86. The first-order valence-electron chi connectivity index (χ1n) is 7.69. The van der Waals surface area contributed by atoms with Crippen LogP contribution in [0.2, 0.25) is 0 Å². The van der Waals surface area contributed by atoms with Crippen LogP contribution in [0.5, 0.6) is 0 Å². The van der Waals surface area contributed by atoms with Gasteiger partial charge in [-0.05, 0) is 42.0 Å². The highest BCUT2D eigenvalue weighted by Crippen LogP contribution is 2.41. The molecule has 0 nitrogen and oxygen atoms in total. The molecule has 4 rings (SSSR count). The van der Waals surface area contributed by atoms with Crippen LogP contribution in [0, 0.1) is 0 Å². The number of hydrogen-bond acceptors (Lipinski definition) is 1. The maximum atomic E-state index is 2.37. The van der Waals surface area contributed by atoms with Crippen LogP contribution in [-0.2, 0) is 10.9 Å². The van der Waals surface area contributed by atoms with Crippen molar-refractivity contribution in [2.45, 2.75) is 19.3 Å². The molecule has 0 aliphatic carbocycles. The molecular weight excluding hydrogens is 316 g/mol. The Hall–Kier alpha value is -1.90. The summed E-state index contributed by atoms with van der Waals surface area (Å²) >= 11 is 1.98. The average molecular weight is 334 g/mol. The second-order valence-electron chi connectivity index (χ2n) is 5.35. The van der Waals surface area contributed by atoms with E-state index in [2.05, 4.69) is 97.1 Å². The Kier molecular flexibility index (Phi) is 4.27. The highest BCUT2D eigenvalue weighted by atomic mass is 32.2. The van der Waals surface area contributed by atoms with Crippen molar-refractivity contribution in [2.24, 2.45) is 0 Å². The fraction of sp³-hybridized carbons (Fsp3) is 0.0476. The van der Waals surface area contributed by atoms with E-state index in [1.165, 1.54) is 20.2 Å². The predicted molar refractivity (Wildman–Crippen MR) is 102 cm³/mol. The molecule has 1 heterocycles. The number of rotatable bonds is 3. The summed E-state index contributed by atoms with van der Waals surface area (Å²) < 4.78 is 0.440. The largest absolute Gasteiger partial charge is 0.197 e. The van der Waals surface area contributed by atoms with Gasteiger partial charge in [-0.25, -0.2) is 0 Å². The minimum Gasteiger partial charge on any atom is -0.0634 e. The molecule has 0 saturated carbocycles. The Labute approximate surface area is 144 Å².